The van der Waals surface area contributed by atoms with Crippen molar-refractivity contribution in [3.05, 3.63) is 40.8 Å². The Morgan fingerprint density at radius 1 is 0.871 bits per heavy atom. The second-order valence-corrected chi connectivity index (χ2v) is 7.72. The number of para-hydroxylation sites is 1. The smallest absolute Gasteiger partial charge is 0.383 e. The van der Waals surface area contributed by atoms with Gasteiger partial charge in [-0.1, -0.05) is 77.0 Å². The quantitative estimate of drug-likeness (QED) is 0.162. The predicted molar refractivity (Wildman–Crippen MR) is 127 cm³/mol. The molecule has 5 nitrogen and oxygen atoms in total. The molecule has 0 unspecified atom stereocenters. The maximum absolute atomic E-state index is 12.7. The van der Waals surface area contributed by atoms with Crippen molar-refractivity contribution in [2.45, 2.75) is 78.1 Å². The van der Waals surface area contributed by atoms with E-state index < -0.39 is 5.63 Å². The lowest BCUT2D eigenvalue weighted by Gasteiger charge is -2.14. The van der Waals surface area contributed by atoms with Crippen molar-refractivity contribution in [3.63, 3.8) is 0 Å². The van der Waals surface area contributed by atoms with E-state index >= 15 is 0 Å². The van der Waals surface area contributed by atoms with Crippen LogP contribution in [0.5, 0.6) is 17.2 Å². The van der Waals surface area contributed by atoms with E-state index in [2.05, 4.69) is 19.9 Å². The third-order valence-corrected chi connectivity index (χ3v) is 5.21. The molecule has 0 aliphatic rings. The fourth-order valence-electron chi connectivity index (χ4n) is 3.51. The van der Waals surface area contributed by atoms with Gasteiger partial charge in [0.1, 0.15) is 0 Å². The molecule has 2 rings (SSSR count). The standard InChI is InChI=1S/C26H38O5/c1-4-6-8-10-11-12-13-15-19-29-24-21-17-16-18-22(28-3)23(21)31-26(27)25(24)30-20-14-9-7-5-2/h7,9,16-18H,4-6,8,10-15,19-20H2,1-3H3/b9-7+. The average Bonchev–Trinajstić information content (AvgIpc) is 2.78. The highest BCUT2D eigenvalue weighted by molar-refractivity contribution is 5.89. The Hall–Kier alpha value is -2.43. The molecule has 0 aliphatic carbocycles. The van der Waals surface area contributed by atoms with E-state index in [9.17, 15) is 4.79 Å². The summed E-state index contributed by atoms with van der Waals surface area (Å²) in [5.41, 5.74) is -0.151. The van der Waals surface area contributed by atoms with Crippen LogP contribution in [0.2, 0.25) is 0 Å². The molecule has 0 radical (unpaired) electrons. The maximum atomic E-state index is 12.7. The Labute approximate surface area is 186 Å². The minimum atomic E-state index is -0.539. The number of benzene rings is 1. The van der Waals surface area contributed by atoms with Gasteiger partial charge in [0.05, 0.1) is 25.7 Å². The summed E-state index contributed by atoms with van der Waals surface area (Å²) in [5, 5.41) is 0.692. The van der Waals surface area contributed by atoms with E-state index in [0.717, 1.165) is 25.7 Å². The largest absolute Gasteiger partial charge is 0.493 e. The Kier molecular flexibility index (Phi) is 11.7. The normalized spacial score (nSPS) is 11.3. The number of methoxy groups -OCH3 is 1. The van der Waals surface area contributed by atoms with Gasteiger partial charge < -0.3 is 18.6 Å². The zero-order valence-electron chi connectivity index (χ0n) is 19.4. The molecule has 1 aromatic carbocycles. The molecule has 31 heavy (non-hydrogen) atoms. The average molecular weight is 431 g/mol. The first-order valence-corrected chi connectivity index (χ1v) is 11.8. The van der Waals surface area contributed by atoms with Gasteiger partial charge in [0, 0.05) is 0 Å². The molecule has 5 heteroatoms. The fourth-order valence-corrected chi connectivity index (χ4v) is 3.51. The number of ether oxygens (including phenoxy) is 3. The molecule has 0 amide bonds. The van der Waals surface area contributed by atoms with E-state index in [1.165, 1.54) is 38.5 Å². The van der Waals surface area contributed by atoms with Gasteiger partial charge in [0.25, 0.3) is 0 Å². The second kappa shape index (κ2) is 14.6. The first-order valence-electron chi connectivity index (χ1n) is 11.8. The number of unbranched alkanes of at least 4 members (excludes halogenated alkanes) is 7. The van der Waals surface area contributed by atoms with Crippen LogP contribution in [-0.2, 0) is 0 Å². The molecule has 0 fully saturated rings. The molecule has 0 aliphatic heterocycles. The van der Waals surface area contributed by atoms with Crippen LogP contribution in [0.15, 0.2) is 39.6 Å². The molecule has 0 saturated heterocycles. The van der Waals surface area contributed by atoms with E-state index in [1.54, 1.807) is 13.2 Å². The number of hydrogen-bond acceptors (Lipinski definition) is 5. The first kappa shape index (κ1) is 24.8. The van der Waals surface area contributed by atoms with Crippen LogP contribution >= 0.6 is 0 Å². The van der Waals surface area contributed by atoms with Crippen LogP contribution in [0.4, 0.5) is 0 Å². The fraction of sp³-hybridized carbons (Fsp3) is 0.577. The van der Waals surface area contributed by atoms with Gasteiger partial charge in [-0.3, -0.25) is 0 Å². The van der Waals surface area contributed by atoms with Crippen LogP contribution in [0.3, 0.4) is 0 Å². The van der Waals surface area contributed by atoms with Crippen molar-refractivity contribution in [2.75, 3.05) is 20.3 Å². The number of hydrogen-bond donors (Lipinski definition) is 0. The van der Waals surface area contributed by atoms with Crippen molar-refractivity contribution >= 4 is 11.0 Å². The summed E-state index contributed by atoms with van der Waals surface area (Å²) < 4.78 is 22.8. The van der Waals surface area contributed by atoms with Gasteiger partial charge in [0.15, 0.2) is 17.1 Å². The van der Waals surface area contributed by atoms with Gasteiger partial charge >= 0.3 is 5.63 Å². The minimum Gasteiger partial charge on any atom is -0.493 e. The molecule has 172 valence electrons. The molecular formula is C26H38O5. The van der Waals surface area contributed by atoms with Crippen molar-refractivity contribution in [1.29, 1.82) is 0 Å². The summed E-state index contributed by atoms with van der Waals surface area (Å²) in [6.45, 7) is 5.25. The van der Waals surface area contributed by atoms with Crippen molar-refractivity contribution in [2.24, 2.45) is 0 Å². The lowest BCUT2D eigenvalue weighted by atomic mass is 10.1. The number of fused-ring (bicyclic) bond motifs is 1. The SMILES string of the molecule is CC/C=C/CCOc1c(OCCCCCCCCCC)c2cccc(OC)c2oc1=O. The topological polar surface area (TPSA) is 57.9 Å². The Morgan fingerprint density at radius 3 is 2.29 bits per heavy atom. The molecule has 0 spiro atoms. The Morgan fingerprint density at radius 2 is 1.58 bits per heavy atom. The van der Waals surface area contributed by atoms with Crippen LogP contribution in [-0.4, -0.2) is 20.3 Å². The molecule has 0 N–H and O–H groups in total. The van der Waals surface area contributed by atoms with Gasteiger partial charge in [-0.25, -0.2) is 4.79 Å². The summed E-state index contributed by atoms with van der Waals surface area (Å²) >= 11 is 0. The zero-order valence-corrected chi connectivity index (χ0v) is 19.4. The summed E-state index contributed by atoms with van der Waals surface area (Å²) in [5.74, 6) is 1.10. The van der Waals surface area contributed by atoms with E-state index in [-0.39, 0.29) is 5.75 Å². The van der Waals surface area contributed by atoms with Crippen LogP contribution in [0.25, 0.3) is 11.0 Å². The molecule has 1 aromatic heterocycles. The third-order valence-electron chi connectivity index (χ3n) is 5.21. The Bertz CT molecular complexity index is 853. The monoisotopic (exact) mass is 430 g/mol. The van der Waals surface area contributed by atoms with Gasteiger partial charge in [-0.15, -0.1) is 0 Å². The van der Waals surface area contributed by atoms with Crippen LogP contribution in [0.1, 0.15) is 78.1 Å². The van der Waals surface area contributed by atoms with E-state index in [0.29, 0.717) is 35.7 Å². The maximum Gasteiger partial charge on any atom is 0.383 e. The van der Waals surface area contributed by atoms with Crippen molar-refractivity contribution in [1.82, 2.24) is 0 Å². The first-order chi connectivity index (χ1) is 15.2. The zero-order chi connectivity index (χ0) is 22.3. The van der Waals surface area contributed by atoms with Gasteiger partial charge in [-0.2, -0.15) is 0 Å². The second-order valence-electron chi connectivity index (χ2n) is 7.72. The van der Waals surface area contributed by atoms with Crippen LogP contribution in [0, 0.1) is 0 Å². The summed E-state index contributed by atoms with van der Waals surface area (Å²) in [6, 6.07) is 5.50. The summed E-state index contributed by atoms with van der Waals surface area (Å²) in [6.07, 6.45) is 15.6. The Balaban J connectivity index is 2.06. The highest BCUT2D eigenvalue weighted by atomic mass is 16.5. The minimum absolute atomic E-state index is 0.144. The third kappa shape index (κ3) is 7.97. The predicted octanol–water partition coefficient (Wildman–Crippen LogP) is 7.06. The molecule has 1 heterocycles. The molecule has 2 aromatic rings. The summed E-state index contributed by atoms with van der Waals surface area (Å²) in [4.78, 5) is 12.7. The van der Waals surface area contributed by atoms with Gasteiger partial charge in [0.2, 0.25) is 5.75 Å². The lowest BCUT2D eigenvalue weighted by molar-refractivity contribution is 0.257. The van der Waals surface area contributed by atoms with Crippen molar-refractivity contribution < 1.29 is 18.6 Å². The highest BCUT2D eigenvalue weighted by Crippen LogP contribution is 2.37. The van der Waals surface area contributed by atoms with Gasteiger partial charge in [-0.05, 0) is 31.4 Å². The lowest BCUT2D eigenvalue weighted by Crippen LogP contribution is -2.12. The molecule has 0 bridgehead atoms. The summed E-state index contributed by atoms with van der Waals surface area (Å²) in [7, 11) is 1.56. The highest BCUT2D eigenvalue weighted by Gasteiger charge is 2.20. The number of allylic oxidation sites excluding steroid dienone is 1. The van der Waals surface area contributed by atoms with Crippen molar-refractivity contribution in [3.8, 4) is 17.2 Å². The van der Waals surface area contributed by atoms with Crippen LogP contribution < -0.4 is 19.8 Å². The molecule has 0 saturated carbocycles. The number of rotatable bonds is 16. The molecule has 0 atom stereocenters. The molecular weight excluding hydrogens is 392 g/mol. The van der Waals surface area contributed by atoms with E-state index in [4.69, 9.17) is 18.6 Å². The van der Waals surface area contributed by atoms with E-state index in [1.807, 2.05) is 18.2 Å².